The fourth-order valence-electron chi connectivity index (χ4n) is 4.36. The Kier molecular flexibility index (Phi) is 11.0. The highest BCUT2D eigenvalue weighted by atomic mass is 16.6. The third-order valence-electron chi connectivity index (χ3n) is 6.27. The van der Waals surface area contributed by atoms with Gasteiger partial charge in [-0.2, -0.15) is 0 Å². The summed E-state index contributed by atoms with van der Waals surface area (Å²) < 4.78 is 5.21. The van der Waals surface area contributed by atoms with E-state index in [0.717, 1.165) is 44.1 Å². The third kappa shape index (κ3) is 8.86. The van der Waals surface area contributed by atoms with Gasteiger partial charge in [-0.05, 0) is 63.3 Å². The Labute approximate surface area is 214 Å². The Bertz CT molecular complexity index is 1020. The van der Waals surface area contributed by atoms with Crippen LogP contribution in [0.15, 0.2) is 91.0 Å². The lowest BCUT2D eigenvalue weighted by Gasteiger charge is -2.40. The van der Waals surface area contributed by atoms with Crippen LogP contribution in [0.1, 0.15) is 43.2 Å². The minimum absolute atomic E-state index is 0.303. The van der Waals surface area contributed by atoms with Crippen molar-refractivity contribution < 1.29 is 14.3 Å². The van der Waals surface area contributed by atoms with Crippen LogP contribution in [-0.4, -0.2) is 36.2 Å². The highest BCUT2D eigenvalue weighted by molar-refractivity contribution is 5.70. The van der Waals surface area contributed by atoms with Crippen molar-refractivity contribution in [1.29, 1.82) is 0 Å². The van der Waals surface area contributed by atoms with Gasteiger partial charge < -0.3 is 15.0 Å². The monoisotopic (exact) mass is 487 g/mol. The molecule has 0 aliphatic heterocycles. The topological polar surface area (TPSA) is 70.7 Å². The van der Waals surface area contributed by atoms with Crippen LogP contribution in [0.25, 0.3) is 0 Å². The molecule has 2 amide bonds. The number of ether oxygens (including phenoxy) is 1. The number of para-hydroxylation sites is 1. The Morgan fingerprint density at radius 2 is 1.47 bits per heavy atom. The number of rotatable bonds is 10. The first-order chi connectivity index (χ1) is 17.6. The van der Waals surface area contributed by atoms with E-state index in [1.54, 1.807) is 12.1 Å². The van der Waals surface area contributed by atoms with E-state index in [4.69, 9.17) is 4.74 Å². The maximum Gasteiger partial charge on any atom is 0.412 e. The van der Waals surface area contributed by atoms with E-state index < -0.39 is 6.09 Å². The molecule has 6 nitrogen and oxygen atoms in total. The molecule has 4 rings (SSSR count). The van der Waals surface area contributed by atoms with Crippen molar-refractivity contribution in [1.82, 2.24) is 15.5 Å². The smallest absolute Gasteiger partial charge is 0.410 e. The number of hydrogen-bond acceptors (Lipinski definition) is 4. The fraction of sp³-hybridized carbons (Fsp3) is 0.333. The second-order valence-electron chi connectivity index (χ2n) is 9.02. The minimum atomic E-state index is -0.453. The second kappa shape index (κ2) is 14.7. The molecule has 36 heavy (non-hydrogen) atoms. The zero-order valence-corrected chi connectivity index (χ0v) is 21.1. The molecule has 1 aliphatic carbocycles. The molecular formula is C30H37N3O3. The third-order valence-corrected chi connectivity index (χ3v) is 6.27. The summed E-state index contributed by atoms with van der Waals surface area (Å²) in [5, 5.41) is 6.36. The molecule has 6 heteroatoms. The molecule has 0 unspecified atom stereocenters. The van der Waals surface area contributed by atoms with E-state index in [0.29, 0.717) is 25.4 Å². The number of carbonyl (C=O) groups is 2. The number of hydrogen-bond donors (Lipinski definition) is 2. The van der Waals surface area contributed by atoms with Gasteiger partial charge in [-0.3, -0.25) is 10.1 Å². The average Bonchev–Trinajstić information content (AvgIpc) is 3.39. The zero-order valence-electron chi connectivity index (χ0n) is 21.1. The molecule has 1 aliphatic rings. The summed E-state index contributed by atoms with van der Waals surface area (Å²) in [6.07, 6.45) is 5.36. The maximum atomic E-state index is 11.9. The van der Waals surface area contributed by atoms with Gasteiger partial charge >= 0.3 is 6.09 Å². The Morgan fingerprint density at radius 1 is 0.889 bits per heavy atom. The Morgan fingerprint density at radius 3 is 2.03 bits per heavy atom. The van der Waals surface area contributed by atoms with Gasteiger partial charge in [0.05, 0.1) is 5.66 Å². The molecule has 0 aromatic heterocycles. The predicted molar refractivity (Wildman–Crippen MR) is 144 cm³/mol. The first-order valence-corrected chi connectivity index (χ1v) is 12.6. The van der Waals surface area contributed by atoms with Gasteiger partial charge in [0.15, 0.2) is 0 Å². The van der Waals surface area contributed by atoms with Gasteiger partial charge in [-0.25, -0.2) is 4.79 Å². The SMILES string of the molecule is Cc1ccccc1.O=CN(Cc1ccccc1)C1(NCCCNC(=O)Oc2ccccc2)CCCC1. The lowest BCUT2D eigenvalue weighted by molar-refractivity contribution is -0.126. The van der Waals surface area contributed by atoms with E-state index in [2.05, 4.69) is 29.7 Å². The summed E-state index contributed by atoms with van der Waals surface area (Å²) in [5.74, 6) is 0.524. The summed E-state index contributed by atoms with van der Waals surface area (Å²) in [6, 6.07) is 29.3. The van der Waals surface area contributed by atoms with Crippen molar-refractivity contribution >= 4 is 12.5 Å². The molecule has 190 valence electrons. The first kappa shape index (κ1) is 27.0. The van der Waals surface area contributed by atoms with Crippen LogP contribution in [0.2, 0.25) is 0 Å². The fourth-order valence-corrected chi connectivity index (χ4v) is 4.36. The molecule has 0 bridgehead atoms. The quantitative estimate of drug-likeness (QED) is 0.219. The molecule has 0 spiro atoms. The van der Waals surface area contributed by atoms with Crippen LogP contribution in [0.4, 0.5) is 4.79 Å². The Balaban J connectivity index is 0.000000444. The van der Waals surface area contributed by atoms with Crippen molar-refractivity contribution in [2.24, 2.45) is 0 Å². The lowest BCUT2D eigenvalue weighted by Crippen LogP contribution is -2.56. The van der Waals surface area contributed by atoms with Gasteiger partial charge in [0.2, 0.25) is 6.41 Å². The normalized spacial score (nSPS) is 13.7. The summed E-state index contributed by atoms with van der Waals surface area (Å²) >= 11 is 0. The number of aryl methyl sites for hydroxylation is 1. The molecule has 0 radical (unpaired) electrons. The van der Waals surface area contributed by atoms with Crippen molar-refractivity contribution in [3.8, 4) is 5.75 Å². The van der Waals surface area contributed by atoms with Crippen molar-refractivity contribution in [2.75, 3.05) is 13.1 Å². The summed E-state index contributed by atoms with van der Waals surface area (Å²) in [5.41, 5.74) is 2.14. The van der Waals surface area contributed by atoms with Crippen LogP contribution in [0.3, 0.4) is 0 Å². The lowest BCUT2D eigenvalue weighted by atomic mass is 10.1. The first-order valence-electron chi connectivity index (χ1n) is 12.6. The molecule has 0 saturated heterocycles. The van der Waals surface area contributed by atoms with Crippen molar-refractivity contribution in [3.63, 3.8) is 0 Å². The molecule has 0 heterocycles. The Hall–Kier alpha value is -3.64. The van der Waals surface area contributed by atoms with Gasteiger partial charge in [0.1, 0.15) is 5.75 Å². The molecule has 3 aromatic rings. The molecular weight excluding hydrogens is 450 g/mol. The standard InChI is InChI=1S/C23H29N3O3.C7H8/c27-19-26(18-20-10-3-1-4-11-20)23(14-7-8-15-23)25-17-9-16-24-22(28)29-21-12-5-2-6-13-21;1-7-5-3-2-4-6-7/h1-6,10-13,19,25H,7-9,14-18H2,(H,24,28);2-6H,1H3. The van der Waals surface area contributed by atoms with E-state index in [1.165, 1.54) is 5.56 Å². The van der Waals surface area contributed by atoms with Crippen LogP contribution < -0.4 is 15.4 Å². The number of carbonyl (C=O) groups excluding carboxylic acids is 2. The largest absolute Gasteiger partial charge is 0.412 e. The molecule has 0 atom stereocenters. The maximum absolute atomic E-state index is 11.9. The summed E-state index contributed by atoms with van der Waals surface area (Å²) in [7, 11) is 0. The molecule has 1 fully saturated rings. The van der Waals surface area contributed by atoms with Gasteiger partial charge in [0.25, 0.3) is 0 Å². The summed E-state index contributed by atoms with van der Waals surface area (Å²) in [4.78, 5) is 25.6. The molecule has 3 aromatic carbocycles. The van der Waals surface area contributed by atoms with Crippen LogP contribution in [0, 0.1) is 6.92 Å². The number of nitrogens with one attached hydrogen (secondary N) is 2. The molecule has 2 N–H and O–H groups in total. The van der Waals surface area contributed by atoms with Gasteiger partial charge in [0, 0.05) is 13.1 Å². The van der Waals surface area contributed by atoms with Gasteiger partial charge in [-0.15, -0.1) is 0 Å². The van der Waals surface area contributed by atoms with E-state index in [-0.39, 0.29) is 5.66 Å². The number of benzene rings is 3. The van der Waals surface area contributed by atoms with Crippen LogP contribution in [0.5, 0.6) is 5.75 Å². The van der Waals surface area contributed by atoms with Crippen molar-refractivity contribution in [2.45, 2.75) is 51.2 Å². The number of nitrogens with zero attached hydrogens (tertiary/aromatic N) is 1. The highest BCUT2D eigenvalue weighted by Crippen LogP contribution is 2.33. The predicted octanol–water partition coefficient (Wildman–Crippen LogP) is 5.68. The van der Waals surface area contributed by atoms with E-state index >= 15 is 0 Å². The minimum Gasteiger partial charge on any atom is -0.410 e. The summed E-state index contributed by atoms with van der Waals surface area (Å²) in [6.45, 7) is 3.90. The van der Waals surface area contributed by atoms with E-state index in [1.807, 2.05) is 71.6 Å². The van der Waals surface area contributed by atoms with E-state index in [9.17, 15) is 9.59 Å². The van der Waals surface area contributed by atoms with Gasteiger partial charge in [-0.1, -0.05) is 84.4 Å². The second-order valence-corrected chi connectivity index (χ2v) is 9.02. The average molecular weight is 488 g/mol. The number of amides is 2. The zero-order chi connectivity index (χ0) is 25.5. The molecule has 1 saturated carbocycles. The highest BCUT2D eigenvalue weighted by Gasteiger charge is 2.38. The van der Waals surface area contributed by atoms with Crippen molar-refractivity contribution in [3.05, 3.63) is 102 Å². The van der Waals surface area contributed by atoms with Crippen LogP contribution in [-0.2, 0) is 11.3 Å². The van der Waals surface area contributed by atoms with Crippen LogP contribution >= 0.6 is 0 Å².